The van der Waals surface area contributed by atoms with Crippen LogP contribution in [-0.4, -0.2) is 53.6 Å². The number of fused-ring (bicyclic) bond motifs is 1. The molecule has 1 aromatic rings. The Bertz CT molecular complexity index is 997. The normalized spacial score (nSPS) is 32.8. The minimum Gasteiger partial charge on any atom is -0.487 e. The van der Waals surface area contributed by atoms with Crippen LogP contribution in [0.5, 0.6) is 5.75 Å². The minimum absolute atomic E-state index is 0.0221. The number of guanidine groups is 1. The average Bonchev–Trinajstić information content (AvgIpc) is 3.61. The van der Waals surface area contributed by atoms with Crippen LogP contribution < -0.4 is 15.8 Å². The van der Waals surface area contributed by atoms with Gasteiger partial charge in [0.25, 0.3) is 0 Å². The summed E-state index contributed by atoms with van der Waals surface area (Å²) in [5.74, 6) is 0.957. The van der Waals surface area contributed by atoms with Gasteiger partial charge in [0.05, 0.1) is 18.0 Å². The summed E-state index contributed by atoms with van der Waals surface area (Å²) in [4.78, 5) is 32.9. The maximum Gasteiger partial charge on any atom is 0.231 e. The Morgan fingerprint density at radius 3 is 2.71 bits per heavy atom. The highest BCUT2D eigenvalue weighted by Crippen LogP contribution is 2.47. The number of nitrogens with one attached hydrogen (secondary N) is 1. The Hall–Kier alpha value is -2.61. The number of nitrogens with zero attached hydrogens (tertiary/aromatic N) is 2. The van der Waals surface area contributed by atoms with E-state index in [1.807, 2.05) is 38.1 Å². The molecule has 1 fully saturated rings. The van der Waals surface area contributed by atoms with Crippen LogP contribution in [0.1, 0.15) is 77.8 Å². The molecule has 1 aliphatic carbocycles. The molecule has 1 saturated carbocycles. The Balaban J connectivity index is 1.50. The van der Waals surface area contributed by atoms with Crippen LogP contribution in [-0.2, 0) is 14.3 Å². The summed E-state index contributed by atoms with van der Waals surface area (Å²) >= 11 is 0. The van der Waals surface area contributed by atoms with Crippen molar-refractivity contribution in [3.8, 4) is 5.75 Å². The zero-order valence-corrected chi connectivity index (χ0v) is 21.7. The van der Waals surface area contributed by atoms with Crippen LogP contribution in [0.25, 0.3) is 0 Å². The van der Waals surface area contributed by atoms with E-state index in [1.165, 1.54) is 0 Å². The van der Waals surface area contributed by atoms with Crippen LogP contribution in [0.4, 0.5) is 0 Å². The zero-order chi connectivity index (χ0) is 25.4. The van der Waals surface area contributed by atoms with Crippen LogP contribution in [0, 0.1) is 11.8 Å². The first-order valence-corrected chi connectivity index (χ1v) is 12.9. The van der Waals surface area contributed by atoms with Crippen LogP contribution in [0.3, 0.4) is 0 Å². The summed E-state index contributed by atoms with van der Waals surface area (Å²) in [7, 11) is 1.64. The molecule has 0 radical (unpaired) electrons. The number of rotatable bonds is 9. The Morgan fingerprint density at radius 1 is 1.31 bits per heavy atom. The van der Waals surface area contributed by atoms with Gasteiger partial charge in [0.2, 0.25) is 11.8 Å². The number of nitrogens with two attached hydrogens (primary N) is 1. The largest absolute Gasteiger partial charge is 0.487 e. The molecule has 4 rings (SSSR count). The predicted molar refractivity (Wildman–Crippen MR) is 135 cm³/mol. The third-order valence-electron chi connectivity index (χ3n) is 8.16. The fourth-order valence-electron chi connectivity index (χ4n) is 5.52. The molecule has 1 aromatic carbocycles. The number of hydrogen-bond acceptors (Lipinski definition) is 6. The third-order valence-corrected chi connectivity index (χ3v) is 8.16. The van der Waals surface area contributed by atoms with Crippen LogP contribution >= 0.6 is 0 Å². The van der Waals surface area contributed by atoms with Crippen molar-refractivity contribution in [2.45, 2.75) is 89.4 Å². The predicted octanol–water partition coefficient (Wildman–Crippen LogP) is 3.55. The number of carbonyl (C=O) groups is 2. The van der Waals surface area contributed by atoms with Gasteiger partial charge in [0, 0.05) is 37.7 Å². The van der Waals surface area contributed by atoms with Crippen molar-refractivity contribution in [2.75, 3.05) is 13.7 Å². The average molecular weight is 485 g/mol. The maximum atomic E-state index is 13.4. The maximum absolute atomic E-state index is 13.4. The van der Waals surface area contributed by atoms with E-state index in [4.69, 9.17) is 15.2 Å². The topological polar surface area (TPSA) is 106 Å². The lowest BCUT2D eigenvalue weighted by atomic mass is 9.86. The number of methoxy groups -OCH3 is 1. The molecule has 8 nitrogen and oxygen atoms in total. The van der Waals surface area contributed by atoms with Gasteiger partial charge < -0.3 is 20.5 Å². The molecule has 0 saturated heterocycles. The molecule has 192 valence electrons. The molecule has 6 atom stereocenters. The summed E-state index contributed by atoms with van der Waals surface area (Å²) in [6, 6.07) is 7.62. The molecule has 3 N–H and O–H groups in total. The lowest BCUT2D eigenvalue weighted by Gasteiger charge is -2.40. The lowest BCUT2D eigenvalue weighted by molar-refractivity contribution is -0.132. The first-order chi connectivity index (χ1) is 16.6. The molecule has 2 heterocycles. The molecule has 2 aliphatic heterocycles. The highest BCUT2D eigenvalue weighted by atomic mass is 16.5. The quantitative estimate of drug-likeness (QED) is 0.558. The Labute approximate surface area is 208 Å². The number of aliphatic imine (C=N–C) groups is 1. The Morgan fingerprint density at radius 2 is 2.06 bits per heavy atom. The second-order valence-corrected chi connectivity index (χ2v) is 10.8. The molecule has 35 heavy (non-hydrogen) atoms. The van der Waals surface area contributed by atoms with E-state index in [0.717, 1.165) is 37.0 Å². The summed E-state index contributed by atoms with van der Waals surface area (Å²) in [6.45, 7) is 8.66. The van der Waals surface area contributed by atoms with Gasteiger partial charge in [0.1, 0.15) is 11.4 Å². The summed E-state index contributed by atoms with van der Waals surface area (Å²) in [5.41, 5.74) is 6.55. The lowest BCUT2D eigenvalue weighted by Crippen LogP contribution is -2.56. The van der Waals surface area contributed by atoms with Gasteiger partial charge in [-0.3, -0.25) is 14.5 Å². The van der Waals surface area contributed by atoms with Crippen molar-refractivity contribution in [1.29, 1.82) is 0 Å². The van der Waals surface area contributed by atoms with E-state index in [2.05, 4.69) is 24.2 Å². The van der Waals surface area contributed by atoms with Gasteiger partial charge in [-0.2, -0.15) is 0 Å². The van der Waals surface area contributed by atoms with Crippen molar-refractivity contribution in [3.63, 3.8) is 0 Å². The minimum atomic E-state index is -0.466. The van der Waals surface area contributed by atoms with E-state index >= 15 is 0 Å². The van der Waals surface area contributed by atoms with E-state index in [0.29, 0.717) is 19.4 Å². The summed E-state index contributed by atoms with van der Waals surface area (Å²) in [5, 5.41) is 3.30. The molecule has 0 bridgehead atoms. The highest BCUT2D eigenvalue weighted by molar-refractivity contribution is 5.99. The van der Waals surface area contributed by atoms with Crippen molar-refractivity contribution in [2.24, 2.45) is 22.6 Å². The van der Waals surface area contributed by atoms with Crippen molar-refractivity contribution >= 4 is 17.8 Å². The molecule has 0 spiro atoms. The summed E-state index contributed by atoms with van der Waals surface area (Å²) in [6.07, 6.45) is 3.98. The van der Waals surface area contributed by atoms with Gasteiger partial charge >= 0.3 is 0 Å². The van der Waals surface area contributed by atoms with Gasteiger partial charge in [0.15, 0.2) is 5.96 Å². The van der Waals surface area contributed by atoms with Crippen molar-refractivity contribution < 1.29 is 19.1 Å². The van der Waals surface area contributed by atoms with Crippen LogP contribution in [0.15, 0.2) is 29.3 Å². The fraction of sp³-hybridized carbons (Fsp3) is 0.667. The SMILES string of the molecule is CCC1(C)C[C@H](NC(=O)[C@H]2C[C@@H]2[C@@H](CCOC)N2C(=O)C[C@](C)(CC)N=C2N)c2ccccc2O1. The van der Waals surface area contributed by atoms with Gasteiger partial charge in [-0.25, -0.2) is 4.99 Å². The van der Waals surface area contributed by atoms with E-state index < -0.39 is 5.54 Å². The summed E-state index contributed by atoms with van der Waals surface area (Å²) < 4.78 is 11.6. The number of para-hydroxylation sites is 1. The smallest absolute Gasteiger partial charge is 0.231 e. The molecular weight excluding hydrogens is 444 g/mol. The number of carbonyl (C=O) groups excluding carboxylic acids is 2. The monoisotopic (exact) mass is 484 g/mol. The first-order valence-electron chi connectivity index (χ1n) is 12.9. The van der Waals surface area contributed by atoms with Gasteiger partial charge in [-0.1, -0.05) is 32.0 Å². The number of amides is 2. The number of hydrogen-bond donors (Lipinski definition) is 2. The second-order valence-electron chi connectivity index (χ2n) is 10.8. The molecule has 0 aromatic heterocycles. The molecule has 1 unspecified atom stereocenters. The standard InChI is InChI=1S/C27H40N4O4/c1-6-26(3)16-23(32)31(25(28)30-26)21(12-13-34-5)18-14-19(18)24(33)29-20-15-27(4,7-2)35-22-11-9-8-10-17(20)22/h8-11,18-21H,6-7,12-16H2,1-5H3,(H2,28,30)(H,29,33)/t18-,19-,20-,21+,26-,27?/m0/s1. The molecular formula is C27H40N4O4. The molecule has 3 aliphatic rings. The van der Waals surface area contributed by atoms with Crippen LogP contribution in [0.2, 0.25) is 0 Å². The molecule has 2 amide bonds. The molecule has 8 heteroatoms. The van der Waals surface area contributed by atoms with Crippen molar-refractivity contribution in [1.82, 2.24) is 10.2 Å². The van der Waals surface area contributed by atoms with Gasteiger partial charge in [-0.15, -0.1) is 0 Å². The van der Waals surface area contributed by atoms with Crippen molar-refractivity contribution in [3.05, 3.63) is 29.8 Å². The van der Waals surface area contributed by atoms with E-state index in [1.54, 1.807) is 12.0 Å². The third kappa shape index (κ3) is 5.17. The highest BCUT2D eigenvalue weighted by Gasteiger charge is 2.52. The number of ether oxygens (including phenoxy) is 2. The van der Waals surface area contributed by atoms with E-state index in [-0.39, 0.29) is 47.3 Å². The van der Waals surface area contributed by atoms with E-state index in [9.17, 15) is 9.59 Å². The van der Waals surface area contributed by atoms with Gasteiger partial charge in [-0.05, 0) is 51.5 Å². The fourth-order valence-corrected chi connectivity index (χ4v) is 5.52. The second kappa shape index (κ2) is 9.80. The Kier molecular flexibility index (Phi) is 7.13. The first kappa shape index (κ1) is 25.5. The zero-order valence-electron chi connectivity index (χ0n) is 21.7. The number of benzene rings is 1.